The maximum Gasteiger partial charge on any atom is 0.235 e. The summed E-state index contributed by atoms with van der Waals surface area (Å²) in [5.74, 6) is 0.777. The van der Waals surface area contributed by atoms with Crippen molar-refractivity contribution in [3.8, 4) is 17.1 Å². The fraction of sp³-hybridized carbons (Fsp3) is 0.0857. The maximum absolute atomic E-state index is 5.33. The van der Waals surface area contributed by atoms with Crippen LogP contribution in [0.15, 0.2) is 97.1 Å². The number of nitrogens with zero attached hydrogens (tertiary/aromatic N) is 3. The van der Waals surface area contributed by atoms with Gasteiger partial charge in [-0.2, -0.15) is 0 Å². The molecule has 0 N–H and O–H groups in total. The summed E-state index contributed by atoms with van der Waals surface area (Å²) in [6.45, 7) is 2.15. The molecule has 0 bridgehead atoms. The van der Waals surface area contributed by atoms with Crippen molar-refractivity contribution in [2.24, 2.45) is 0 Å². The molecule has 7 aromatic rings. The second kappa shape index (κ2) is 7.67. The number of hydrogen-bond acceptors (Lipinski definition) is 2. The minimum Gasteiger partial charge on any atom is -0.277 e. The Hall–Kier alpha value is -4.70. The summed E-state index contributed by atoms with van der Waals surface area (Å²) in [5, 5.41) is 5.19. The number of para-hydroxylation sites is 1. The van der Waals surface area contributed by atoms with E-state index in [1.54, 1.807) is 0 Å². The highest BCUT2D eigenvalue weighted by Gasteiger charge is 2.30. The van der Waals surface area contributed by atoms with E-state index in [1.165, 1.54) is 65.8 Å². The van der Waals surface area contributed by atoms with Crippen LogP contribution in [0.1, 0.15) is 28.1 Å². The molecular formula is C35H24BN3. The lowest BCUT2D eigenvalue weighted by molar-refractivity contribution is 0.853. The van der Waals surface area contributed by atoms with Crippen LogP contribution < -0.4 is 10.9 Å². The van der Waals surface area contributed by atoms with E-state index in [2.05, 4.69) is 109 Å². The van der Waals surface area contributed by atoms with E-state index in [0.29, 0.717) is 0 Å². The second-order valence-electron chi connectivity index (χ2n) is 11.0. The van der Waals surface area contributed by atoms with Gasteiger partial charge in [0.05, 0.1) is 16.7 Å². The first-order valence-electron chi connectivity index (χ1n) is 13.7. The van der Waals surface area contributed by atoms with Crippen molar-refractivity contribution in [3.63, 3.8) is 0 Å². The Bertz CT molecular complexity index is 2170. The third-order valence-corrected chi connectivity index (χ3v) is 8.92. The van der Waals surface area contributed by atoms with E-state index in [9.17, 15) is 0 Å². The SMILES string of the molecule is Cc1nc(-n2c3ccccc3c3c4ccccc4c4c(c32)-c2ccccc2B4)nc2c1Cc1ccccc1C2. The van der Waals surface area contributed by atoms with E-state index in [-0.39, 0.29) is 0 Å². The predicted octanol–water partition coefficient (Wildman–Crippen LogP) is 5.90. The fourth-order valence-electron chi connectivity index (χ4n) is 7.17. The van der Waals surface area contributed by atoms with Crippen LogP contribution in [0.4, 0.5) is 0 Å². The highest BCUT2D eigenvalue weighted by molar-refractivity contribution is 6.77. The molecule has 0 saturated carbocycles. The third-order valence-electron chi connectivity index (χ3n) is 8.92. The van der Waals surface area contributed by atoms with Gasteiger partial charge < -0.3 is 0 Å². The molecule has 0 unspecified atom stereocenters. The van der Waals surface area contributed by atoms with Crippen LogP contribution in [-0.2, 0) is 12.8 Å². The average Bonchev–Trinajstić information content (AvgIpc) is 3.53. The molecule has 0 saturated heterocycles. The molecule has 39 heavy (non-hydrogen) atoms. The van der Waals surface area contributed by atoms with Crippen LogP contribution in [0.2, 0.25) is 0 Å². The number of aromatic nitrogens is 3. The molecule has 2 aliphatic rings. The van der Waals surface area contributed by atoms with Gasteiger partial charge >= 0.3 is 0 Å². The second-order valence-corrected chi connectivity index (χ2v) is 11.0. The summed E-state index contributed by atoms with van der Waals surface area (Å²) in [6.07, 6.45) is 1.75. The molecule has 0 atom stereocenters. The normalized spacial score (nSPS) is 13.3. The number of fused-ring (bicyclic) bond motifs is 12. The lowest BCUT2D eigenvalue weighted by Crippen LogP contribution is -2.21. The minimum atomic E-state index is 0.777. The topological polar surface area (TPSA) is 30.7 Å². The van der Waals surface area contributed by atoms with Crippen molar-refractivity contribution < 1.29 is 0 Å². The van der Waals surface area contributed by atoms with Gasteiger partial charge in [-0.3, -0.25) is 4.57 Å². The Morgan fingerprint density at radius 1 is 0.692 bits per heavy atom. The zero-order valence-corrected chi connectivity index (χ0v) is 21.7. The molecular weight excluding hydrogens is 473 g/mol. The molecule has 3 nitrogen and oxygen atoms in total. The van der Waals surface area contributed by atoms with Crippen molar-refractivity contribution in [1.82, 2.24) is 14.5 Å². The van der Waals surface area contributed by atoms with Gasteiger partial charge in [0.25, 0.3) is 0 Å². The summed E-state index contributed by atoms with van der Waals surface area (Å²) >= 11 is 0. The molecule has 0 radical (unpaired) electrons. The number of aryl methyl sites for hydroxylation is 1. The van der Waals surface area contributed by atoms with E-state index >= 15 is 0 Å². The molecule has 2 aromatic heterocycles. The lowest BCUT2D eigenvalue weighted by Gasteiger charge is -2.21. The summed E-state index contributed by atoms with van der Waals surface area (Å²) in [7, 11) is 0.949. The van der Waals surface area contributed by atoms with Crippen molar-refractivity contribution in [2.45, 2.75) is 19.8 Å². The highest BCUT2D eigenvalue weighted by atomic mass is 15.2. The van der Waals surface area contributed by atoms with Gasteiger partial charge in [0, 0.05) is 34.9 Å². The van der Waals surface area contributed by atoms with Crippen LogP contribution in [0, 0.1) is 6.92 Å². The molecule has 5 aromatic carbocycles. The van der Waals surface area contributed by atoms with Gasteiger partial charge in [-0.15, -0.1) is 0 Å². The minimum absolute atomic E-state index is 0.777. The molecule has 1 aliphatic heterocycles. The Kier molecular flexibility index (Phi) is 4.18. The van der Waals surface area contributed by atoms with Gasteiger partial charge in [-0.05, 0) is 46.0 Å². The Labute approximate surface area is 227 Å². The highest BCUT2D eigenvalue weighted by Crippen LogP contribution is 2.42. The average molecular weight is 497 g/mol. The van der Waals surface area contributed by atoms with E-state index in [0.717, 1.165) is 43.0 Å². The third kappa shape index (κ3) is 2.83. The largest absolute Gasteiger partial charge is 0.277 e. The Morgan fingerprint density at radius 2 is 1.38 bits per heavy atom. The van der Waals surface area contributed by atoms with Crippen LogP contribution in [0.25, 0.3) is 49.7 Å². The summed E-state index contributed by atoms with van der Waals surface area (Å²) in [6, 6.07) is 35.3. The van der Waals surface area contributed by atoms with Crippen molar-refractivity contribution in [1.29, 1.82) is 0 Å². The monoisotopic (exact) mass is 497 g/mol. The first-order valence-corrected chi connectivity index (χ1v) is 13.7. The van der Waals surface area contributed by atoms with Gasteiger partial charge in [0.2, 0.25) is 5.95 Å². The fourth-order valence-corrected chi connectivity index (χ4v) is 7.17. The number of benzene rings is 5. The van der Waals surface area contributed by atoms with Crippen LogP contribution in [-0.4, -0.2) is 21.8 Å². The number of hydrogen-bond donors (Lipinski definition) is 0. The molecule has 9 rings (SSSR count). The maximum atomic E-state index is 5.33. The number of rotatable bonds is 1. The zero-order chi connectivity index (χ0) is 25.7. The van der Waals surface area contributed by atoms with Crippen molar-refractivity contribution in [2.75, 3.05) is 0 Å². The quantitative estimate of drug-likeness (QED) is 0.265. The van der Waals surface area contributed by atoms with Crippen molar-refractivity contribution >= 4 is 50.8 Å². The Balaban J connectivity index is 1.44. The Morgan fingerprint density at radius 3 is 2.26 bits per heavy atom. The lowest BCUT2D eigenvalue weighted by atomic mass is 9.66. The standard InChI is InChI=1S/C35H24BN3/c1-20-27-18-21-10-2-3-11-22(21)19-29(27)38-35(37-20)39-30-17-9-7-15-26(30)31-23-12-4-5-13-24(23)33-32(34(31)39)25-14-6-8-16-28(25)36-33/h2-17,36H,18-19H2,1H3. The van der Waals surface area contributed by atoms with Gasteiger partial charge in [-0.25, -0.2) is 9.97 Å². The van der Waals surface area contributed by atoms with Crippen LogP contribution in [0.5, 0.6) is 0 Å². The van der Waals surface area contributed by atoms with E-state index in [1.807, 2.05) is 0 Å². The molecule has 1 aliphatic carbocycles. The van der Waals surface area contributed by atoms with Gasteiger partial charge in [-0.1, -0.05) is 102 Å². The van der Waals surface area contributed by atoms with Gasteiger partial charge in [0.15, 0.2) is 7.28 Å². The zero-order valence-electron chi connectivity index (χ0n) is 21.7. The predicted molar refractivity (Wildman–Crippen MR) is 163 cm³/mol. The van der Waals surface area contributed by atoms with Crippen LogP contribution in [0.3, 0.4) is 0 Å². The molecule has 0 amide bonds. The smallest absolute Gasteiger partial charge is 0.235 e. The molecule has 182 valence electrons. The first kappa shape index (κ1) is 21.3. The van der Waals surface area contributed by atoms with E-state index < -0.39 is 0 Å². The molecule has 4 heteroatoms. The molecule has 0 spiro atoms. The van der Waals surface area contributed by atoms with Crippen LogP contribution >= 0.6 is 0 Å². The van der Waals surface area contributed by atoms with Gasteiger partial charge in [0.1, 0.15) is 0 Å². The molecule has 3 heterocycles. The van der Waals surface area contributed by atoms with Crippen molar-refractivity contribution in [3.05, 3.63) is 125 Å². The summed E-state index contributed by atoms with van der Waals surface area (Å²) in [4.78, 5) is 10.5. The summed E-state index contributed by atoms with van der Waals surface area (Å²) < 4.78 is 2.35. The summed E-state index contributed by atoms with van der Waals surface area (Å²) in [5.41, 5.74) is 14.1. The first-order chi connectivity index (χ1) is 19.3. The van der Waals surface area contributed by atoms with E-state index in [4.69, 9.17) is 9.97 Å². The molecule has 0 fully saturated rings.